The van der Waals surface area contributed by atoms with Gasteiger partial charge in [-0.2, -0.15) is 13.2 Å². The summed E-state index contributed by atoms with van der Waals surface area (Å²) in [7, 11) is -5.88. The van der Waals surface area contributed by atoms with Gasteiger partial charge in [-0.1, -0.05) is 39.0 Å². The number of rotatable bonds is 11. The highest BCUT2D eigenvalue weighted by molar-refractivity contribution is 7.92. The Morgan fingerprint density at radius 2 is 1.69 bits per heavy atom. The smallest absolute Gasteiger partial charge is 0.492 e. The second kappa shape index (κ2) is 12.4. The fourth-order valence-electron chi connectivity index (χ4n) is 4.14. The van der Waals surface area contributed by atoms with Gasteiger partial charge in [0.25, 0.3) is 21.7 Å². The Kier molecular flexibility index (Phi) is 10.2. The van der Waals surface area contributed by atoms with Crippen LogP contribution in [0.2, 0.25) is 0 Å². The molecule has 0 spiro atoms. The highest BCUT2D eigenvalue weighted by Crippen LogP contribution is 2.37. The van der Waals surface area contributed by atoms with Crippen LogP contribution in [0.3, 0.4) is 0 Å². The van der Waals surface area contributed by atoms with E-state index >= 15 is 0 Å². The van der Waals surface area contributed by atoms with Crippen molar-refractivity contribution in [1.29, 1.82) is 0 Å². The average molecular weight is 582 g/mol. The zero-order valence-electron chi connectivity index (χ0n) is 22.2. The molecule has 1 aromatic rings. The van der Waals surface area contributed by atoms with Crippen LogP contribution in [0.25, 0.3) is 0 Å². The zero-order chi connectivity index (χ0) is 29.6. The lowest BCUT2D eigenvalue weighted by molar-refractivity contribution is -0.132. The molecule has 1 atom stereocenters. The third-order valence-corrected chi connectivity index (χ3v) is 7.77. The van der Waals surface area contributed by atoms with Gasteiger partial charge in [0, 0.05) is 5.56 Å². The Labute approximate surface area is 224 Å². The number of carbonyl (C=O) groups excluding carboxylic acids is 2. The van der Waals surface area contributed by atoms with Crippen LogP contribution in [0.15, 0.2) is 23.1 Å². The number of alkyl halides is 3. The molecule has 1 aliphatic rings. The van der Waals surface area contributed by atoms with Crippen molar-refractivity contribution in [3.8, 4) is 5.75 Å². The molecule has 0 bridgehead atoms. The third-order valence-electron chi connectivity index (χ3n) is 6.26. The lowest BCUT2D eigenvalue weighted by Crippen LogP contribution is -2.63. The summed E-state index contributed by atoms with van der Waals surface area (Å²) in [5.74, 6) is -2.68. The molecule has 0 saturated carbocycles. The first kappa shape index (κ1) is 32.1. The summed E-state index contributed by atoms with van der Waals surface area (Å²) >= 11 is 0. The first-order valence-electron chi connectivity index (χ1n) is 12.3. The number of halogens is 3. The van der Waals surface area contributed by atoms with E-state index in [1.165, 1.54) is 20.8 Å². The number of ether oxygens (including phenoxy) is 2. The standard InChI is InChI=1S/C24H34F3N3O8S/c1-5-6-7-8-9-10-13-37-17-12-11-16(14-18(17)39(35,36)24(25,26)27)19(31)28-29-20(32)23(4)15-38-22(2,3)30(23)21(33)34/h11-12,14H,5-10,13,15H2,1-4H3,(H,28,31)(H,29,32)(H,33,34). The van der Waals surface area contributed by atoms with E-state index in [2.05, 4.69) is 6.92 Å². The molecule has 39 heavy (non-hydrogen) atoms. The van der Waals surface area contributed by atoms with Gasteiger partial charge < -0.3 is 14.6 Å². The number of unbranched alkanes of at least 4 members (excludes halogenated alkanes) is 5. The van der Waals surface area contributed by atoms with Crippen LogP contribution in [0.1, 0.15) is 76.6 Å². The minimum absolute atomic E-state index is 0.0226. The van der Waals surface area contributed by atoms with Gasteiger partial charge in [0.2, 0.25) is 0 Å². The van der Waals surface area contributed by atoms with Crippen LogP contribution in [0.5, 0.6) is 5.75 Å². The monoisotopic (exact) mass is 581 g/mol. The summed E-state index contributed by atoms with van der Waals surface area (Å²) in [6.07, 6.45) is 3.80. The van der Waals surface area contributed by atoms with E-state index in [4.69, 9.17) is 9.47 Å². The first-order valence-corrected chi connectivity index (χ1v) is 13.8. The number of nitrogens with one attached hydrogen (secondary N) is 2. The molecule has 1 saturated heterocycles. The van der Waals surface area contributed by atoms with Gasteiger partial charge in [-0.3, -0.25) is 25.3 Å². The van der Waals surface area contributed by atoms with Crippen LogP contribution in [0.4, 0.5) is 18.0 Å². The number of hydrogen-bond donors (Lipinski definition) is 3. The van der Waals surface area contributed by atoms with E-state index in [0.29, 0.717) is 12.5 Å². The highest BCUT2D eigenvalue weighted by Gasteiger charge is 2.56. The predicted octanol–water partition coefficient (Wildman–Crippen LogP) is 3.99. The van der Waals surface area contributed by atoms with Gasteiger partial charge in [-0.15, -0.1) is 0 Å². The Bertz CT molecular complexity index is 1170. The largest absolute Gasteiger partial charge is 0.502 e. The number of carbonyl (C=O) groups is 3. The molecule has 1 aromatic carbocycles. The molecule has 3 N–H and O–H groups in total. The number of benzene rings is 1. The fraction of sp³-hybridized carbons (Fsp3) is 0.625. The van der Waals surface area contributed by atoms with Crippen LogP contribution < -0.4 is 15.6 Å². The maximum atomic E-state index is 13.4. The molecule has 1 unspecified atom stereocenters. The van der Waals surface area contributed by atoms with E-state index in [0.717, 1.165) is 49.1 Å². The Hall–Kier alpha value is -3.07. The quantitative estimate of drug-likeness (QED) is 0.262. The average Bonchev–Trinajstić information content (AvgIpc) is 3.10. The molecule has 1 aliphatic heterocycles. The summed E-state index contributed by atoms with van der Waals surface area (Å²) in [5.41, 5.74) is -5.28. The van der Waals surface area contributed by atoms with Crippen LogP contribution >= 0.6 is 0 Å². The van der Waals surface area contributed by atoms with Crippen LogP contribution in [0, 0.1) is 0 Å². The number of hydrazine groups is 1. The summed E-state index contributed by atoms with van der Waals surface area (Å²) in [4.78, 5) is 36.6. The van der Waals surface area contributed by atoms with Crippen molar-refractivity contribution in [2.24, 2.45) is 0 Å². The highest BCUT2D eigenvalue weighted by atomic mass is 32.2. The third kappa shape index (κ3) is 7.32. The normalized spacial score (nSPS) is 19.0. The van der Waals surface area contributed by atoms with Gasteiger partial charge in [0.15, 0.2) is 0 Å². The zero-order valence-corrected chi connectivity index (χ0v) is 23.0. The second-order valence-corrected chi connectivity index (χ2v) is 11.7. The molecule has 11 nitrogen and oxygen atoms in total. The Morgan fingerprint density at radius 1 is 1.08 bits per heavy atom. The van der Waals surface area contributed by atoms with Gasteiger partial charge >= 0.3 is 11.6 Å². The van der Waals surface area contributed by atoms with Crippen molar-refractivity contribution in [3.63, 3.8) is 0 Å². The molecule has 1 fully saturated rings. The lowest BCUT2D eigenvalue weighted by atomic mass is 10.0. The predicted molar refractivity (Wildman–Crippen MR) is 132 cm³/mol. The van der Waals surface area contributed by atoms with Gasteiger partial charge in [0.05, 0.1) is 13.2 Å². The van der Waals surface area contributed by atoms with E-state index in [1.54, 1.807) is 0 Å². The minimum atomic E-state index is -5.88. The number of nitrogens with zero attached hydrogens (tertiary/aromatic N) is 1. The minimum Gasteiger partial charge on any atom is -0.492 e. The molecule has 3 amide bonds. The molecule has 0 radical (unpaired) electrons. The SMILES string of the molecule is CCCCCCCCOc1ccc(C(=O)NNC(=O)C2(C)COC(C)(C)N2C(=O)O)cc1S(=O)(=O)C(F)(F)F. The molecular weight excluding hydrogens is 547 g/mol. The summed E-state index contributed by atoms with van der Waals surface area (Å²) < 4.78 is 75.2. The topological polar surface area (TPSA) is 151 Å². The fourth-order valence-corrected chi connectivity index (χ4v) is 5.06. The maximum absolute atomic E-state index is 13.4. The van der Waals surface area contributed by atoms with Crippen molar-refractivity contribution in [1.82, 2.24) is 15.8 Å². The summed E-state index contributed by atoms with van der Waals surface area (Å²) in [6, 6.07) is 2.49. The van der Waals surface area contributed by atoms with Crippen molar-refractivity contribution in [2.45, 2.75) is 87.9 Å². The van der Waals surface area contributed by atoms with E-state index < -0.39 is 60.7 Å². The number of sulfone groups is 1. The molecule has 2 rings (SSSR count). The van der Waals surface area contributed by atoms with E-state index in [9.17, 15) is 41.1 Å². The molecular formula is C24H34F3N3O8S. The second-order valence-electron chi connectivity index (χ2n) is 9.76. The lowest BCUT2D eigenvalue weighted by Gasteiger charge is -2.36. The molecule has 0 aromatic heterocycles. The Balaban J connectivity index is 2.19. The van der Waals surface area contributed by atoms with Crippen LogP contribution in [-0.2, 0) is 19.4 Å². The molecule has 0 aliphatic carbocycles. The van der Waals surface area contributed by atoms with Crippen molar-refractivity contribution in [2.75, 3.05) is 13.2 Å². The molecule has 1 heterocycles. The number of hydrogen-bond acceptors (Lipinski definition) is 7. The van der Waals surface area contributed by atoms with Crippen molar-refractivity contribution in [3.05, 3.63) is 23.8 Å². The van der Waals surface area contributed by atoms with Gasteiger partial charge in [-0.25, -0.2) is 13.2 Å². The first-order chi connectivity index (χ1) is 18.0. The summed E-state index contributed by atoms with van der Waals surface area (Å²) in [5, 5.41) is 9.53. The van der Waals surface area contributed by atoms with Crippen LogP contribution in [-0.4, -0.2) is 66.3 Å². The number of amides is 3. The van der Waals surface area contributed by atoms with E-state index in [1.807, 2.05) is 10.9 Å². The Morgan fingerprint density at radius 3 is 2.28 bits per heavy atom. The maximum Gasteiger partial charge on any atom is 0.502 e. The number of carboxylic acid groups (broad SMARTS) is 1. The summed E-state index contributed by atoms with van der Waals surface area (Å²) in [6.45, 7) is 5.81. The van der Waals surface area contributed by atoms with E-state index in [-0.39, 0.29) is 13.2 Å². The molecule has 220 valence electrons. The van der Waals surface area contributed by atoms with Crippen molar-refractivity contribution >= 4 is 27.7 Å². The molecule has 15 heteroatoms. The van der Waals surface area contributed by atoms with Crippen molar-refractivity contribution < 1.29 is 50.6 Å². The van der Waals surface area contributed by atoms with Gasteiger partial charge in [-0.05, 0) is 45.4 Å². The van der Waals surface area contributed by atoms with Gasteiger partial charge in [0.1, 0.15) is 21.9 Å².